The maximum atomic E-state index is 11.3. The van der Waals surface area contributed by atoms with E-state index in [1.54, 1.807) is 7.11 Å². The van der Waals surface area contributed by atoms with Crippen LogP contribution in [0.1, 0.15) is 25.0 Å². The fourth-order valence-corrected chi connectivity index (χ4v) is 3.18. The van der Waals surface area contributed by atoms with Crippen molar-refractivity contribution < 1.29 is 19.4 Å². The Hall–Kier alpha value is -2.05. The number of aliphatic carboxylic acids is 1. The van der Waals surface area contributed by atoms with Crippen molar-refractivity contribution in [1.82, 2.24) is 5.32 Å². The SMILES string of the molecule is COc1cc(CNC(C(=O)O)C(C)C)cc(Br)c1OCc1ccccc1. The number of halogens is 1. The van der Waals surface area contributed by atoms with Gasteiger partial charge in [-0.15, -0.1) is 0 Å². The van der Waals surface area contributed by atoms with Gasteiger partial charge in [0.1, 0.15) is 12.6 Å². The highest BCUT2D eigenvalue weighted by Crippen LogP contribution is 2.37. The zero-order valence-electron chi connectivity index (χ0n) is 15.2. The van der Waals surface area contributed by atoms with Gasteiger partial charge in [-0.25, -0.2) is 0 Å². The van der Waals surface area contributed by atoms with E-state index in [0.717, 1.165) is 15.6 Å². The number of carboxylic acids is 1. The molecule has 0 aliphatic carbocycles. The van der Waals surface area contributed by atoms with Crippen LogP contribution < -0.4 is 14.8 Å². The van der Waals surface area contributed by atoms with Crippen molar-refractivity contribution in [1.29, 1.82) is 0 Å². The van der Waals surface area contributed by atoms with E-state index in [0.29, 0.717) is 24.7 Å². The molecule has 0 aliphatic heterocycles. The molecule has 6 heteroatoms. The van der Waals surface area contributed by atoms with Gasteiger partial charge in [-0.05, 0) is 45.1 Å². The Labute approximate surface area is 162 Å². The van der Waals surface area contributed by atoms with Gasteiger partial charge >= 0.3 is 5.97 Å². The lowest BCUT2D eigenvalue weighted by molar-refractivity contribution is -0.140. The van der Waals surface area contributed by atoms with Crippen molar-refractivity contribution >= 4 is 21.9 Å². The zero-order valence-corrected chi connectivity index (χ0v) is 16.7. The van der Waals surface area contributed by atoms with Crippen molar-refractivity contribution in [2.24, 2.45) is 5.92 Å². The Balaban J connectivity index is 2.11. The maximum absolute atomic E-state index is 11.3. The molecule has 1 atom stereocenters. The molecular weight excluding hydrogens is 398 g/mol. The molecule has 140 valence electrons. The summed E-state index contributed by atoms with van der Waals surface area (Å²) in [4.78, 5) is 11.3. The highest BCUT2D eigenvalue weighted by Gasteiger charge is 2.21. The van der Waals surface area contributed by atoms with Crippen LogP contribution in [-0.2, 0) is 17.9 Å². The Morgan fingerprint density at radius 2 is 1.88 bits per heavy atom. The summed E-state index contributed by atoms with van der Waals surface area (Å²) in [5, 5.41) is 12.4. The maximum Gasteiger partial charge on any atom is 0.320 e. The molecule has 0 aliphatic rings. The summed E-state index contributed by atoms with van der Waals surface area (Å²) in [5.74, 6) is 0.363. The normalized spacial score (nSPS) is 12.0. The second kappa shape index (κ2) is 9.59. The molecule has 0 saturated heterocycles. The number of benzene rings is 2. The third-order valence-electron chi connectivity index (χ3n) is 3.97. The third kappa shape index (κ3) is 5.47. The molecule has 2 aromatic carbocycles. The number of nitrogens with one attached hydrogen (secondary N) is 1. The number of rotatable bonds is 9. The summed E-state index contributed by atoms with van der Waals surface area (Å²) in [5.41, 5.74) is 1.97. The molecule has 0 saturated carbocycles. The van der Waals surface area contributed by atoms with Crippen LogP contribution in [0.15, 0.2) is 46.9 Å². The van der Waals surface area contributed by atoms with Crippen LogP contribution in [0, 0.1) is 5.92 Å². The smallest absolute Gasteiger partial charge is 0.320 e. The minimum Gasteiger partial charge on any atom is -0.493 e. The topological polar surface area (TPSA) is 67.8 Å². The van der Waals surface area contributed by atoms with Gasteiger partial charge in [0.15, 0.2) is 11.5 Å². The van der Waals surface area contributed by atoms with Crippen molar-refractivity contribution in [2.45, 2.75) is 33.0 Å². The van der Waals surface area contributed by atoms with Gasteiger partial charge in [-0.2, -0.15) is 0 Å². The van der Waals surface area contributed by atoms with E-state index in [9.17, 15) is 9.90 Å². The summed E-state index contributed by atoms with van der Waals surface area (Å²) >= 11 is 3.53. The minimum absolute atomic E-state index is 0.00804. The van der Waals surface area contributed by atoms with Gasteiger partial charge in [0, 0.05) is 6.54 Å². The first-order valence-electron chi connectivity index (χ1n) is 8.41. The van der Waals surface area contributed by atoms with Crippen LogP contribution in [0.3, 0.4) is 0 Å². The number of carboxylic acid groups (broad SMARTS) is 1. The highest BCUT2D eigenvalue weighted by atomic mass is 79.9. The van der Waals surface area contributed by atoms with E-state index < -0.39 is 12.0 Å². The molecule has 0 heterocycles. The molecule has 0 spiro atoms. The molecule has 2 aromatic rings. The number of carbonyl (C=O) groups is 1. The molecule has 0 aromatic heterocycles. The molecule has 2 rings (SSSR count). The summed E-state index contributed by atoms with van der Waals surface area (Å²) in [6, 6.07) is 13.1. The highest BCUT2D eigenvalue weighted by molar-refractivity contribution is 9.10. The number of hydrogen-bond donors (Lipinski definition) is 2. The lowest BCUT2D eigenvalue weighted by Gasteiger charge is -2.19. The molecule has 26 heavy (non-hydrogen) atoms. The van der Waals surface area contributed by atoms with Crippen LogP contribution in [0.2, 0.25) is 0 Å². The summed E-state index contributed by atoms with van der Waals surface area (Å²) < 4.78 is 12.1. The second-order valence-electron chi connectivity index (χ2n) is 6.32. The molecule has 0 fully saturated rings. The Bertz CT molecular complexity index is 734. The fraction of sp³-hybridized carbons (Fsp3) is 0.350. The lowest BCUT2D eigenvalue weighted by Crippen LogP contribution is -2.40. The van der Waals surface area contributed by atoms with Crippen molar-refractivity contribution in [2.75, 3.05) is 7.11 Å². The Morgan fingerprint density at radius 1 is 1.19 bits per heavy atom. The minimum atomic E-state index is -0.853. The van der Waals surface area contributed by atoms with E-state index in [4.69, 9.17) is 9.47 Å². The van der Waals surface area contributed by atoms with Crippen LogP contribution in [0.4, 0.5) is 0 Å². The first kappa shape index (κ1) is 20.3. The zero-order chi connectivity index (χ0) is 19.1. The van der Waals surface area contributed by atoms with Crippen molar-refractivity contribution in [3.63, 3.8) is 0 Å². The molecule has 0 bridgehead atoms. The van der Waals surface area contributed by atoms with Gasteiger partial charge in [-0.3, -0.25) is 4.79 Å². The number of hydrogen-bond acceptors (Lipinski definition) is 4. The third-order valence-corrected chi connectivity index (χ3v) is 4.56. The summed E-state index contributed by atoms with van der Waals surface area (Å²) in [6.45, 7) is 4.61. The molecule has 1 unspecified atom stereocenters. The first-order chi connectivity index (χ1) is 12.4. The summed E-state index contributed by atoms with van der Waals surface area (Å²) in [7, 11) is 1.59. The Kier molecular flexibility index (Phi) is 7.48. The van der Waals surface area contributed by atoms with Crippen LogP contribution in [0.5, 0.6) is 11.5 Å². The monoisotopic (exact) mass is 421 g/mol. The van der Waals surface area contributed by atoms with E-state index in [2.05, 4.69) is 21.2 Å². The van der Waals surface area contributed by atoms with Crippen molar-refractivity contribution in [3.05, 3.63) is 58.1 Å². The lowest BCUT2D eigenvalue weighted by atomic mass is 10.0. The number of methoxy groups -OCH3 is 1. The van der Waals surface area contributed by atoms with Gasteiger partial charge in [0.25, 0.3) is 0 Å². The van der Waals surface area contributed by atoms with Crippen LogP contribution in [0.25, 0.3) is 0 Å². The second-order valence-corrected chi connectivity index (χ2v) is 7.18. The average molecular weight is 422 g/mol. The molecule has 0 amide bonds. The molecule has 2 N–H and O–H groups in total. The average Bonchev–Trinajstić information content (AvgIpc) is 2.60. The van der Waals surface area contributed by atoms with Crippen molar-refractivity contribution in [3.8, 4) is 11.5 Å². The summed E-state index contributed by atoms with van der Waals surface area (Å²) in [6.07, 6.45) is 0. The van der Waals surface area contributed by atoms with E-state index >= 15 is 0 Å². The van der Waals surface area contributed by atoms with Crippen LogP contribution >= 0.6 is 15.9 Å². The largest absolute Gasteiger partial charge is 0.493 e. The van der Waals surface area contributed by atoms with Crippen LogP contribution in [-0.4, -0.2) is 24.2 Å². The van der Waals surface area contributed by atoms with Gasteiger partial charge in [-0.1, -0.05) is 44.2 Å². The fourth-order valence-electron chi connectivity index (χ4n) is 2.58. The predicted molar refractivity (Wildman–Crippen MR) is 105 cm³/mol. The van der Waals surface area contributed by atoms with E-state index in [-0.39, 0.29) is 5.92 Å². The Morgan fingerprint density at radius 3 is 2.46 bits per heavy atom. The van der Waals surface area contributed by atoms with E-state index in [1.807, 2.05) is 56.3 Å². The predicted octanol–water partition coefficient (Wildman–Crippen LogP) is 4.24. The van der Waals surface area contributed by atoms with Gasteiger partial charge in [0.05, 0.1) is 11.6 Å². The van der Waals surface area contributed by atoms with E-state index in [1.165, 1.54) is 0 Å². The first-order valence-corrected chi connectivity index (χ1v) is 9.21. The quantitative estimate of drug-likeness (QED) is 0.633. The van der Waals surface area contributed by atoms with Gasteiger partial charge < -0.3 is 19.9 Å². The van der Waals surface area contributed by atoms with Gasteiger partial charge in [0.2, 0.25) is 0 Å². The molecule has 0 radical (unpaired) electrons. The molecular formula is C20H24BrNO4. The molecule has 5 nitrogen and oxygen atoms in total. The standard InChI is InChI=1S/C20H24BrNO4/c1-13(2)18(20(23)24)22-11-15-9-16(21)19(17(10-15)25-3)26-12-14-7-5-4-6-8-14/h4-10,13,18,22H,11-12H2,1-3H3,(H,23,24). The number of ether oxygens (including phenoxy) is 2.